The molecule has 142 valence electrons. The molecule has 1 N–H and O–H groups in total. The lowest BCUT2D eigenvalue weighted by molar-refractivity contribution is -0.115. The number of rotatable bonds is 6. The van der Waals surface area contributed by atoms with Crippen molar-refractivity contribution in [2.45, 2.75) is 38.0 Å². The molecule has 0 saturated carbocycles. The van der Waals surface area contributed by atoms with Crippen LogP contribution in [0, 0.1) is 32.1 Å². The third kappa shape index (κ3) is 4.97. The highest BCUT2D eigenvalue weighted by molar-refractivity contribution is 7.98. The van der Waals surface area contributed by atoms with Crippen molar-refractivity contribution in [3.63, 3.8) is 0 Å². The van der Waals surface area contributed by atoms with Crippen LogP contribution < -0.4 is 5.32 Å². The van der Waals surface area contributed by atoms with Gasteiger partial charge in [-0.2, -0.15) is 5.26 Å². The molecule has 28 heavy (non-hydrogen) atoms. The minimum Gasteiger partial charge on any atom is -0.325 e. The van der Waals surface area contributed by atoms with Gasteiger partial charge in [0.25, 0.3) is 0 Å². The molecule has 1 amide bonds. The molecule has 0 aliphatic carbocycles. The smallest absolute Gasteiger partial charge is 0.231 e. The summed E-state index contributed by atoms with van der Waals surface area (Å²) in [5, 5.41) is 15.8. The lowest BCUT2D eigenvalue weighted by atomic mass is 10.1. The Bertz CT molecular complexity index is 1050. The zero-order valence-electron chi connectivity index (χ0n) is 15.9. The number of thiazole rings is 1. The van der Waals surface area contributed by atoms with Gasteiger partial charge in [-0.15, -0.1) is 11.3 Å². The Morgan fingerprint density at radius 1 is 1.21 bits per heavy atom. The van der Waals surface area contributed by atoms with E-state index in [1.807, 2.05) is 56.5 Å². The minimum absolute atomic E-state index is 0.0782. The van der Waals surface area contributed by atoms with Crippen LogP contribution in [0.4, 0.5) is 5.69 Å². The maximum atomic E-state index is 12.3. The van der Waals surface area contributed by atoms with Gasteiger partial charge in [-0.1, -0.05) is 30.0 Å². The standard InChI is InChI=1S/C21H20N4OS2/c1-13-6-4-5-7-18(13)25-19(26)9-20-24-16(11-27-20)12-28-21-17(10-22)14(2)8-15(3)23-21/h4-8,11H,9,12H2,1-3H3,(H,25,26). The average Bonchev–Trinajstić information content (AvgIpc) is 3.08. The van der Waals surface area contributed by atoms with E-state index in [2.05, 4.69) is 21.4 Å². The first-order valence-electron chi connectivity index (χ1n) is 8.76. The van der Waals surface area contributed by atoms with E-state index in [1.165, 1.54) is 23.1 Å². The van der Waals surface area contributed by atoms with Crippen molar-refractivity contribution in [1.29, 1.82) is 5.26 Å². The number of hydrogen-bond acceptors (Lipinski definition) is 6. The molecule has 0 aliphatic heterocycles. The first-order chi connectivity index (χ1) is 13.5. The van der Waals surface area contributed by atoms with Crippen molar-refractivity contribution >= 4 is 34.7 Å². The van der Waals surface area contributed by atoms with Crippen LogP contribution in [0.5, 0.6) is 0 Å². The number of aryl methyl sites for hydroxylation is 3. The van der Waals surface area contributed by atoms with Crippen molar-refractivity contribution in [1.82, 2.24) is 9.97 Å². The van der Waals surface area contributed by atoms with Gasteiger partial charge < -0.3 is 5.32 Å². The van der Waals surface area contributed by atoms with E-state index in [4.69, 9.17) is 0 Å². The van der Waals surface area contributed by atoms with Crippen LogP contribution >= 0.6 is 23.1 Å². The van der Waals surface area contributed by atoms with Crippen LogP contribution in [0.15, 0.2) is 40.7 Å². The van der Waals surface area contributed by atoms with E-state index in [-0.39, 0.29) is 12.3 Å². The van der Waals surface area contributed by atoms with Gasteiger partial charge in [0.2, 0.25) is 5.91 Å². The van der Waals surface area contributed by atoms with Crippen molar-refractivity contribution in [3.8, 4) is 6.07 Å². The Labute approximate surface area is 172 Å². The highest BCUT2D eigenvalue weighted by Crippen LogP contribution is 2.27. The monoisotopic (exact) mass is 408 g/mol. The summed E-state index contributed by atoms with van der Waals surface area (Å²) in [6, 6.07) is 11.8. The molecule has 3 rings (SSSR count). The summed E-state index contributed by atoms with van der Waals surface area (Å²) < 4.78 is 0. The molecule has 2 heterocycles. The molecule has 3 aromatic rings. The Hall–Kier alpha value is -2.69. The maximum Gasteiger partial charge on any atom is 0.231 e. The number of para-hydroxylation sites is 1. The van der Waals surface area contributed by atoms with Crippen LogP contribution in [0.3, 0.4) is 0 Å². The van der Waals surface area contributed by atoms with Crippen LogP contribution in [-0.2, 0) is 17.0 Å². The molecule has 1 aromatic carbocycles. The summed E-state index contributed by atoms with van der Waals surface area (Å²) in [6.07, 6.45) is 0.245. The predicted octanol–water partition coefficient (Wildman–Crippen LogP) is 4.81. The van der Waals surface area contributed by atoms with Gasteiger partial charge >= 0.3 is 0 Å². The number of nitriles is 1. The number of nitrogens with zero attached hydrogens (tertiary/aromatic N) is 3. The molecule has 0 radical (unpaired) electrons. The molecule has 0 saturated heterocycles. The lowest BCUT2D eigenvalue weighted by Gasteiger charge is -2.07. The van der Waals surface area contributed by atoms with Crippen LogP contribution in [0.25, 0.3) is 0 Å². The van der Waals surface area contributed by atoms with Gasteiger partial charge in [0.05, 0.1) is 17.7 Å². The van der Waals surface area contributed by atoms with Crippen molar-refractivity contribution in [2.24, 2.45) is 0 Å². The molecule has 0 bridgehead atoms. The number of carbonyl (C=O) groups is 1. The fourth-order valence-corrected chi connectivity index (χ4v) is 4.62. The van der Waals surface area contributed by atoms with Crippen LogP contribution in [-0.4, -0.2) is 15.9 Å². The Morgan fingerprint density at radius 2 is 2.00 bits per heavy atom. The number of nitrogens with one attached hydrogen (secondary N) is 1. The summed E-state index contributed by atoms with van der Waals surface area (Å²) in [6.45, 7) is 5.81. The number of pyridine rings is 1. The van der Waals surface area contributed by atoms with E-state index < -0.39 is 0 Å². The van der Waals surface area contributed by atoms with Gasteiger partial charge in [-0.25, -0.2) is 9.97 Å². The Morgan fingerprint density at radius 3 is 2.75 bits per heavy atom. The lowest BCUT2D eigenvalue weighted by Crippen LogP contribution is -2.15. The van der Waals surface area contributed by atoms with E-state index in [1.54, 1.807) is 0 Å². The van der Waals surface area contributed by atoms with Gasteiger partial charge in [0, 0.05) is 22.5 Å². The molecule has 0 spiro atoms. The Kier molecular flexibility index (Phi) is 6.45. The molecule has 2 aromatic heterocycles. The number of carbonyl (C=O) groups excluding carboxylic acids is 1. The zero-order valence-corrected chi connectivity index (χ0v) is 17.6. The Balaban J connectivity index is 1.61. The second-order valence-electron chi connectivity index (χ2n) is 6.43. The zero-order chi connectivity index (χ0) is 20.1. The van der Waals surface area contributed by atoms with Gasteiger partial charge in [0.15, 0.2) is 0 Å². The molecule has 0 fully saturated rings. The number of aromatic nitrogens is 2. The molecular weight excluding hydrogens is 388 g/mol. The van der Waals surface area contributed by atoms with Gasteiger partial charge in [-0.3, -0.25) is 4.79 Å². The molecule has 0 aliphatic rings. The number of hydrogen-bond donors (Lipinski definition) is 1. The van der Waals surface area contributed by atoms with Gasteiger partial charge in [0.1, 0.15) is 16.1 Å². The largest absolute Gasteiger partial charge is 0.325 e. The minimum atomic E-state index is -0.0782. The average molecular weight is 409 g/mol. The molecule has 0 atom stereocenters. The highest BCUT2D eigenvalue weighted by Gasteiger charge is 2.12. The van der Waals surface area contributed by atoms with Crippen molar-refractivity contribution in [2.75, 3.05) is 5.32 Å². The van der Waals surface area contributed by atoms with Crippen LogP contribution in [0.2, 0.25) is 0 Å². The first kappa shape index (κ1) is 20.1. The summed E-state index contributed by atoms with van der Waals surface area (Å²) >= 11 is 2.97. The number of benzene rings is 1. The summed E-state index contributed by atoms with van der Waals surface area (Å²) in [4.78, 5) is 21.3. The number of thioether (sulfide) groups is 1. The van der Waals surface area contributed by atoms with Crippen molar-refractivity contribution < 1.29 is 4.79 Å². The van der Waals surface area contributed by atoms with Crippen molar-refractivity contribution in [3.05, 3.63) is 68.8 Å². The second-order valence-corrected chi connectivity index (χ2v) is 8.34. The van der Waals surface area contributed by atoms with E-state index in [9.17, 15) is 10.1 Å². The number of amides is 1. The molecule has 5 nitrogen and oxygen atoms in total. The van der Waals surface area contributed by atoms with Crippen LogP contribution in [0.1, 0.15) is 33.1 Å². The van der Waals surface area contributed by atoms with E-state index >= 15 is 0 Å². The fourth-order valence-electron chi connectivity index (χ4n) is 2.73. The quantitative estimate of drug-likeness (QED) is 0.592. The topological polar surface area (TPSA) is 78.7 Å². The fraction of sp³-hybridized carbons (Fsp3) is 0.238. The highest BCUT2D eigenvalue weighted by atomic mass is 32.2. The van der Waals surface area contributed by atoms with Gasteiger partial charge in [-0.05, 0) is 44.0 Å². The third-order valence-electron chi connectivity index (χ3n) is 4.11. The first-order valence-corrected chi connectivity index (χ1v) is 10.6. The molecular formula is C21H20N4OS2. The predicted molar refractivity (Wildman–Crippen MR) is 114 cm³/mol. The molecule has 7 heteroatoms. The summed E-state index contributed by atoms with van der Waals surface area (Å²) in [5.41, 5.74) is 5.18. The van der Waals surface area contributed by atoms with E-state index in [0.717, 1.165) is 38.2 Å². The summed E-state index contributed by atoms with van der Waals surface area (Å²) in [7, 11) is 0. The summed E-state index contributed by atoms with van der Waals surface area (Å²) in [5.74, 6) is 0.533. The SMILES string of the molecule is Cc1cc(C)c(C#N)c(SCc2csc(CC(=O)Nc3ccccc3C)n2)n1. The second kappa shape index (κ2) is 9.00. The normalized spacial score (nSPS) is 10.5. The maximum absolute atomic E-state index is 12.3. The molecule has 0 unspecified atom stereocenters. The number of anilines is 1. The third-order valence-corrected chi connectivity index (χ3v) is 6.02. The van der Waals surface area contributed by atoms with E-state index in [0.29, 0.717) is 11.3 Å².